The van der Waals surface area contributed by atoms with Gasteiger partial charge in [-0.05, 0) is 49.1 Å². The van der Waals surface area contributed by atoms with E-state index in [0.717, 1.165) is 53.7 Å². The van der Waals surface area contributed by atoms with Crippen LogP contribution in [0, 0.1) is 0 Å². The van der Waals surface area contributed by atoms with Crippen molar-refractivity contribution in [3.8, 4) is 5.75 Å². The second kappa shape index (κ2) is 11.6. The monoisotopic (exact) mass is 599 g/mol. The van der Waals surface area contributed by atoms with Gasteiger partial charge in [0.15, 0.2) is 6.10 Å². The Bertz CT molecular complexity index is 1330. The molecule has 13 heteroatoms. The summed E-state index contributed by atoms with van der Waals surface area (Å²) in [5.41, 5.74) is 4.62. The van der Waals surface area contributed by atoms with Crippen molar-refractivity contribution in [2.24, 2.45) is 5.73 Å². The van der Waals surface area contributed by atoms with E-state index in [4.69, 9.17) is 24.7 Å². The Morgan fingerprint density at radius 3 is 2.52 bits per heavy atom. The van der Waals surface area contributed by atoms with Gasteiger partial charge in [0.25, 0.3) is 5.91 Å². The minimum absolute atomic E-state index is 0.0989. The summed E-state index contributed by atoms with van der Waals surface area (Å²) in [6.45, 7) is 6.27. The zero-order chi connectivity index (χ0) is 30.2. The number of carbonyl (C=O) groups is 5. The number of hydrogen-bond acceptors (Lipinski definition) is 10. The molecule has 1 aliphatic carbocycles. The van der Waals surface area contributed by atoms with Crippen LogP contribution in [0.4, 0.5) is 0 Å². The second-order valence-electron chi connectivity index (χ2n) is 12.4. The van der Waals surface area contributed by atoms with Crippen molar-refractivity contribution in [1.82, 2.24) is 9.80 Å². The predicted molar refractivity (Wildman–Crippen MR) is 150 cm³/mol. The summed E-state index contributed by atoms with van der Waals surface area (Å²) in [6.07, 6.45) is 3.20. The van der Waals surface area contributed by atoms with Crippen LogP contribution in [0.15, 0.2) is 30.4 Å². The molecule has 3 amide bonds. The largest absolute Gasteiger partial charge is 0.489 e. The summed E-state index contributed by atoms with van der Waals surface area (Å²) < 4.78 is 23.0. The van der Waals surface area contributed by atoms with Gasteiger partial charge in [-0.1, -0.05) is 26.1 Å². The number of carbonyl (C=O) groups excluding carboxylic acids is 5. The van der Waals surface area contributed by atoms with Crippen LogP contribution in [0.1, 0.15) is 48.0 Å². The quantitative estimate of drug-likeness (QED) is 0.203. The Hall–Kier alpha value is -3.55. The fourth-order valence-corrected chi connectivity index (χ4v) is 6.44. The van der Waals surface area contributed by atoms with Crippen LogP contribution in [-0.4, -0.2) is 84.8 Å². The van der Waals surface area contributed by atoms with Crippen LogP contribution in [0.3, 0.4) is 0 Å². The van der Waals surface area contributed by atoms with Gasteiger partial charge >= 0.3 is 23.6 Å². The summed E-state index contributed by atoms with van der Waals surface area (Å²) in [5.74, 6) is -3.76. The van der Waals surface area contributed by atoms with Crippen LogP contribution >= 0.6 is 0 Å². The number of rotatable bonds is 8. The Balaban J connectivity index is 1.46. The van der Waals surface area contributed by atoms with E-state index in [1.165, 1.54) is 0 Å². The maximum atomic E-state index is 14.2. The smallest absolute Gasteiger partial charge is 0.333 e. The number of amides is 3. The molecule has 4 aliphatic rings. The van der Waals surface area contributed by atoms with Crippen LogP contribution in [0.5, 0.6) is 5.75 Å². The summed E-state index contributed by atoms with van der Waals surface area (Å²) in [4.78, 5) is 68.2. The molecule has 1 aromatic carbocycles. The SMILES string of the molecule is C[Si](C)(C)CCOCN1C(=O)CC2OC(=O)/C=C/C(=O)OC2(N2Cc3cc(O[C@H]4CCCC[C@@H]4N)ccc3C2=O)C1=O. The van der Waals surface area contributed by atoms with E-state index in [2.05, 4.69) is 19.6 Å². The number of imide groups is 1. The first-order chi connectivity index (χ1) is 19.9. The second-order valence-corrected chi connectivity index (χ2v) is 18.0. The summed E-state index contributed by atoms with van der Waals surface area (Å²) in [5, 5.41) is 0. The molecule has 12 nitrogen and oxygen atoms in total. The molecule has 0 bridgehead atoms. The fourth-order valence-electron chi connectivity index (χ4n) is 5.68. The number of esters is 2. The average Bonchev–Trinajstić information content (AvgIpc) is 3.25. The number of fused-ring (bicyclic) bond motifs is 2. The molecule has 1 aromatic rings. The number of nitrogens with two attached hydrogens (primary N) is 1. The lowest BCUT2D eigenvalue weighted by atomic mass is 9.93. The van der Waals surface area contributed by atoms with E-state index in [1.807, 2.05) is 0 Å². The molecule has 0 radical (unpaired) electrons. The Kier molecular flexibility index (Phi) is 8.27. The molecule has 2 fully saturated rings. The Morgan fingerprint density at radius 1 is 1.05 bits per heavy atom. The minimum atomic E-state index is -2.42. The highest BCUT2D eigenvalue weighted by Crippen LogP contribution is 2.41. The molecule has 0 spiro atoms. The van der Waals surface area contributed by atoms with Crippen LogP contribution in [0.25, 0.3) is 0 Å². The summed E-state index contributed by atoms with van der Waals surface area (Å²) >= 11 is 0. The summed E-state index contributed by atoms with van der Waals surface area (Å²) in [7, 11) is -1.46. The lowest BCUT2D eigenvalue weighted by molar-refractivity contribution is -0.230. The van der Waals surface area contributed by atoms with Gasteiger partial charge in [0.05, 0.1) is 13.0 Å². The van der Waals surface area contributed by atoms with Crippen molar-refractivity contribution in [1.29, 1.82) is 0 Å². The third kappa shape index (κ3) is 5.85. The highest BCUT2D eigenvalue weighted by Gasteiger charge is 2.65. The van der Waals surface area contributed by atoms with Crippen LogP contribution in [-0.2, 0) is 39.9 Å². The van der Waals surface area contributed by atoms with Gasteiger partial charge in [0, 0.05) is 38.4 Å². The van der Waals surface area contributed by atoms with Gasteiger partial charge < -0.3 is 24.7 Å². The third-order valence-corrected chi connectivity index (χ3v) is 9.76. The highest BCUT2D eigenvalue weighted by molar-refractivity contribution is 6.76. The van der Waals surface area contributed by atoms with Crippen LogP contribution in [0.2, 0.25) is 25.7 Å². The first kappa shape index (κ1) is 29.9. The number of ether oxygens (including phenoxy) is 4. The van der Waals surface area contributed by atoms with Crippen molar-refractivity contribution in [2.75, 3.05) is 13.3 Å². The third-order valence-electron chi connectivity index (χ3n) is 8.06. The fraction of sp³-hybridized carbons (Fsp3) is 0.552. The van der Waals surface area contributed by atoms with E-state index >= 15 is 0 Å². The number of hydrogen-bond donors (Lipinski definition) is 1. The molecule has 2 N–H and O–H groups in total. The number of likely N-dealkylation sites (tertiary alicyclic amines) is 1. The highest BCUT2D eigenvalue weighted by atomic mass is 28.3. The first-order valence-electron chi connectivity index (χ1n) is 14.3. The molecule has 0 aromatic heterocycles. The van der Waals surface area contributed by atoms with E-state index in [-0.39, 0.29) is 24.3 Å². The molecule has 1 saturated carbocycles. The lowest BCUT2D eigenvalue weighted by Gasteiger charge is -2.48. The van der Waals surface area contributed by atoms with Gasteiger partial charge in [0.2, 0.25) is 5.91 Å². The van der Waals surface area contributed by atoms with Crippen molar-refractivity contribution >= 4 is 37.7 Å². The maximum Gasteiger partial charge on any atom is 0.333 e. The van der Waals surface area contributed by atoms with Gasteiger partial charge in [-0.2, -0.15) is 0 Å². The first-order valence-corrected chi connectivity index (χ1v) is 18.0. The molecular formula is C29H37N3O9Si. The van der Waals surface area contributed by atoms with E-state index < -0.39 is 62.7 Å². The number of nitrogens with zero attached hydrogens (tertiary/aromatic N) is 2. The van der Waals surface area contributed by atoms with E-state index in [0.29, 0.717) is 17.9 Å². The minimum Gasteiger partial charge on any atom is -0.489 e. The maximum absolute atomic E-state index is 14.2. The van der Waals surface area contributed by atoms with E-state index in [9.17, 15) is 24.0 Å². The molecule has 42 heavy (non-hydrogen) atoms. The van der Waals surface area contributed by atoms with Crippen molar-refractivity contribution in [3.63, 3.8) is 0 Å². The summed E-state index contributed by atoms with van der Waals surface area (Å²) in [6, 6.07) is 5.64. The molecule has 4 atom stereocenters. The van der Waals surface area contributed by atoms with Crippen molar-refractivity contribution in [3.05, 3.63) is 41.5 Å². The molecule has 1 saturated heterocycles. The number of piperidine rings is 1. The average molecular weight is 600 g/mol. The zero-order valence-electron chi connectivity index (χ0n) is 24.1. The molecule has 3 heterocycles. The molecule has 3 aliphatic heterocycles. The van der Waals surface area contributed by atoms with Crippen molar-refractivity contribution < 1.29 is 42.9 Å². The van der Waals surface area contributed by atoms with Gasteiger partial charge in [-0.3, -0.25) is 24.2 Å². The van der Waals surface area contributed by atoms with Crippen LogP contribution < -0.4 is 10.5 Å². The molecule has 5 rings (SSSR count). The number of benzene rings is 1. The standard InChI is InChI=1S/C29H37N3O9Si/c1-42(2,3)13-12-38-17-31-24(33)15-23-29(28(31)37,41-26(35)11-10-25(34)40-23)32-16-18-14-19(8-9-20(18)27(32)36)39-22-7-5-4-6-21(22)30/h8-11,14,21-23H,4-7,12-13,15-17,30H2,1-3H3/b11-10+/t21-,22-,23?,29?/m0/s1. The van der Waals surface area contributed by atoms with Gasteiger partial charge in [-0.25, -0.2) is 9.59 Å². The topological polar surface area (TPSA) is 155 Å². The molecule has 226 valence electrons. The molecular weight excluding hydrogens is 562 g/mol. The normalized spacial score (nSPS) is 28.9. The Morgan fingerprint density at radius 2 is 1.79 bits per heavy atom. The van der Waals surface area contributed by atoms with Gasteiger partial charge in [-0.15, -0.1) is 0 Å². The predicted octanol–water partition coefficient (Wildman–Crippen LogP) is 2.08. The zero-order valence-corrected chi connectivity index (χ0v) is 25.1. The van der Waals surface area contributed by atoms with Crippen molar-refractivity contribution in [2.45, 2.75) is 88.3 Å². The molecule has 2 unspecified atom stereocenters. The lowest BCUT2D eigenvalue weighted by Crippen LogP contribution is -2.73. The Labute approximate surface area is 245 Å². The van der Waals surface area contributed by atoms with Gasteiger partial charge in [0.1, 0.15) is 18.6 Å². The van der Waals surface area contributed by atoms with E-state index in [1.54, 1.807) is 18.2 Å².